The number of nitrogens with zero attached hydrogens (tertiary/aromatic N) is 2. The number of benzene rings is 1. The summed E-state index contributed by atoms with van der Waals surface area (Å²) in [5, 5.41) is 55.7. The topological polar surface area (TPSA) is 237 Å². The van der Waals surface area contributed by atoms with E-state index in [9.17, 15) is 33.6 Å². The van der Waals surface area contributed by atoms with Gasteiger partial charge in [-0.05, 0) is 111 Å². The fourth-order valence-corrected chi connectivity index (χ4v) is 12.2. The van der Waals surface area contributed by atoms with Crippen LogP contribution in [0, 0.1) is 17.8 Å². The Bertz CT molecular complexity index is 2110. The third-order valence-electron chi connectivity index (χ3n) is 15.2. The number of pyridine rings is 1. The van der Waals surface area contributed by atoms with E-state index in [4.69, 9.17) is 44.8 Å². The van der Waals surface area contributed by atoms with E-state index in [1.165, 1.54) is 43.7 Å². The Morgan fingerprint density at radius 3 is 2.24 bits per heavy atom. The molecule has 3 aliphatic rings. The summed E-state index contributed by atoms with van der Waals surface area (Å²) in [6.07, 6.45) is -7.46. The molecule has 1 aromatic carbocycles. The maximum Gasteiger partial charge on any atom is 0.311 e. The van der Waals surface area contributed by atoms with E-state index in [1.54, 1.807) is 85.7 Å². The molecule has 18 atom stereocenters. The highest BCUT2D eigenvalue weighted by Crippen LogP contribution is 2.44. The molecule has 0 bridgehead atoms. The first-order valence-corrected chi connectivity index (χ1v) is 27.0. The number of halogens is 1. The Kier molecular flexibility index (Phi) is 20.4. The first kappa shape index (κ1) is 59.3. The summed E-state index contributed by atoms with van der Waals surface area (Å²) in [5.74, 6) is -3.05. The van der Waals surface area contributed by atoms with Crippen LogP contribution in [-0.2, 0) is 43.2 Å². The number of likely N-dealkylation sites (N-methyl/N-ethyl adjacent to an activating group) is 1. The number of methoxy groups -OCH3 is 1. The Morgan fingerprint density at radius 2 is 1.63 bits per heavy atom. The summed E-state index contributed by atoms with van der Waals surface area (Å²) < 4.78 is 76.0. The van der Waals surface area contributed by atoms with Gasteiger partial charge in [0.15, 0.2) is 18.7 Å². The van der Waals surface area contributed by atoms with E-state index in [2.05, 4.69) is 15.6 Å². The summed E-state index contributed by atoms with van der Waals surface area (Å²) >= 11 is 6.24. The second-order valence-electron chi connectivity index (χ2n) is 21.0. The molecule has 0 radical (unpaired) electrons. The molecule has 20 heteroatoms. The number of aromatic nitrogens is 1. The third kappa shape index (κ3) is 13.5. The molecule has 0 spiro atoms. The lowest BCUT2D eigenvalue weighted by Gasteiger charge is -2.53. The van der Waals surface area contributed by atoms with Gasteiger partial charge in [0.05, 0.1) is 51.9 Å². The second-order valence-corrected chi connectivity index (χ2v) is 23.4. The van der Waals surface area contributed by atoms with E-state index in [0.29, 0.717) is 11.6 Å². The number of carbonyl (C=O) groups is 1. The number of nitrogens with one attached hydrogen (secondary N) is 2. The SMILES string of the molecule is CCCNC[C@@]1(O)[C@@H](C)OC(O[C@H]2[C@H](C)[C@@H](O[C@@H]3O[C@H](C)C[C@H](N(C)S(=O)(=O)c4ccccc4)[C@H]3Oc3ccc(Cl)cn3)[C@](C)(O)C[C@@H](C)CN[C@H](C)[C@@H](O)[C@](C)(O)[C@@H](CC)OC(=O)[C@@H]2C)C[C@]1(C)OC. The van der Waals surface area contributed by atoms with Gasteiger partial charge >= 0.3 is 5.97 Å². The van der Waals surface area contributed by atoms with Crippen LogP contribution in [0.5, 0.6) is 5.88 Å². The Hall–Kier alpha value is -2.60. The van der Waals surface area contributed by atoms with Gasteiger partial charge in [0.25, 0.3) is 0 Å². The molecule has 71 heavy (non-hydrogen) atoms. The molecule has 0 amide bonds. The molecule has 1 unspecified atom stereocenters. The maximum atomic E-state index is 14.7. The summed E-state index contributed by atoms with van der Waals surface area (Å²) in [5.41, 5.74) is -6.38. The van der Waals surface area contributed by atoms with Gasteiger partial charge in [-0.1, -0.05) is 57.5 Å². The highest BCUT2D eigenvalue weighted by molar-refractivity contribution is 7.89. The molecular formula is C51H83ClN4O14S. The van der Waals surface area contributed by atoms with Gasteiger partial charge in [-0.15, -0.1) is 0 Å². The van der Waals surface area contributed by atoms with E-state index >= 15 is 0 Å². The minimum absolute atomic E-state index is 0.0152. The van der Waals surface area contributed by atoms with Crippen molar-refractivity contribution in [1.82, 2.24) is 19.9 Å². The second kappa shape index (κ2) is 24.4. The van der Waals surface area contributed by atoms with Crippen molar-refractivity contribution in [1.29, 1.82) is 0 Å². The van der Waals surface area contributed by atoms with Gasteiger partial charge in [-0.3, -0.25) is 4.79 Å². The third-order valence-corrected chi connectivity index (χ3v) is 17.3. The van der Waals surface area contributed by atoms with Crippen LogP contribution in [0.15, 0.2) is 53.6 Å². The van der Waals surface area contributed by atoms with Crippen molar-refractivity contribution in [2.45, 2.75) is 203 Å². The molecule has 6 N–H and O–H groups in total. The van der Waals surface area contributed by atoms with Crippen LogP contribution in [0.4, 0.5) is 0 Å². The number of esters is 1. The van der Waals surface area contributed by atoms with E-state index in [-0.39, 0.29) is 55.5 Å². The van der Waals surface area contributed by atoms with Crippen LogP contribution in [0.3, 0.4) is 0 Å². The Morgan fingerprint density at radius 1 is 0.958 bits per heavy atom. The molecule has 3 aliphatic heterocycles. The fraction of sp³-hybridized carbons (Fsp3) is 0.765. The largest absolute Gasteiger partial charge is 0.467 e. The summed E-state index contributed by atoms with van der Waals surface area (Å²) in [7, 11) is -1.15. The average Bonchev–Trinajstić information content (AvgIpc) is 3.32. The van der Waals surface area contributed by atoms with Crippen LogP contribution < -0.4 is 15.4 Å². The number of carbonyl (C=O) groups excluding carboxylic acids is 1. The van der Waals surface area contributed by atoms with Gasteiger partial charge in [-0.2, -0.15) is 4.31 Å². The fourth-order valence-electron chi connectivity index (χ4n) is 10.7. The van der Waals surface area contributed by atoms with Gasteiger partial charge in [0.2, 0.25) is 15.9 Å². The van der Waals surface area contributed by atoms with Crippen LogP contribution in [0.25, 0.3) is 0 Å². The minimum Gasteiger partial charge on any atom is -0.467 e. The van der Waals surface area contributed by atoms with Crippen LogP contribution in [-0.4, -0.2) is 168 Å². The number of sulfonamides is 1. The number of aliphatic hydroxyl groups excluding tert-OH is 1. The predicted molar refractivity (Wildman–Crippen MR) is 267 cm³/mol. The lowest BCUT2D eigenvalue weighted by atomic mass is 9.75. The van der Waals surface area contributed by atoms with Crippen molar-refractivity contribution in [3.8, 4) is 5.88 Å². The number of cyclic esters (lactones) is 1. The van der Waals surface area contributed by atoms with Gasteiger partial charge in [0, 0.05) is 51.3 Å². The number of hydrogen-bond donors (Lipinski definition) is 6. The molecule has 18 nitrogen and oxygen atoms in total. The molecule has 5 rings (SSSR count). The number of ether oxygens (including phenoxy) is 7. The highest BCUT2D eigenvalue weighted by atomic mass is 35.5. The number of hydrogen-bond acceptors (Lipinski definition) is 17. The van der Waals surface area contributed by atoms with Crippen molar-refractivity contribution < 1.29 is 66.8 Å². The lowest BCUT2D eigenvalue weighted by Crippen LogP contribution is -2.70. The molecule has 4 heterocycles. The van der Waals surface area contributed by atoms with Crippen molar-refractivity contribution in [3.63, 3.8) is 0 Å². The zero-order chi connectivity index (χ0) is 52.9. The summed E-state index contributed by atoms with van der Waals surface area (Å²) in [6.45, 7) is 20.3. The summed E-state index contributed by atoms with van der Waals surface area (Å²) in [6, 6.07) is 9.58. The molecule has 2 aromatic rings. The van der Waals surface area contributed by atoms with Crippen molar-refractivity contribution in [2.24, 2.45) is 17.8 Å². The molecule has 3 fully saturated rings. The molecular weight excluding hydrogens is 960 g/mol. The van der Waals surface area contributed by atoms with Crippen molar-refractivity contribution in [3.05, 3.63) is 53.7 Å². The molecule has 0 saturated carbocycles. The first-order valence-electron chi connectivity index (χ1n) is 25.1. The Balaban J connectivity index is 1.66. The van der Waals surface area contributed by atoms with E-state index in [0.717, 1.165) is 6.42 Å². The smallest absolute Gasteiger partial charge is 0.311 e. The molecule has 0 aliphatic carbocycles. The average molecular weight is 1040 g/mol. The van der Waals surface area contributed by atoms with Crippen LogP contribution in [0.1, 0.15) is 108 Å². The summed E-state index contributed by atoms with van der Waals surface area (Å²) in [4.78, 5) is 19.1. The molecule has 3 saturated heterocycles. The van der Waals surface area contributed by atoms with Gasteiger partial charge in [0.1, 0.15) is 29.0 Å². The first-order chi connectivity index (χ1) is 33.2. The van der Waals surface area contributed by atoms with Crippen LogP contribution >= 0.6 is 11.6 Å². The number of rotatable bonds is 15. The van der Waals surface area contributed by atoms with Crippen molar-refractivity contribution in [2.75, 3.05) is 33.8 Å². The maximum absolute atomic E-state index is 14.7. The zero-order valence-electron chi connectivity index (χ0n) is 43.9. The van der Waals surface area contributed by atoms with Crippen LogP contribution in [0.2, 0.25) is 5.02 Å². The minimum atomic E-state index is -4.13. The van der Waals surface area contributed by atoms with Gasteiger partial charge < -0.3 is 64.2 Å². The monoisotopic (exact) mass is 1040 g/mol. The quantitative estimate of drug-likeness (QED) is 0.104. The normalized spacial score (nSPS) is 40.4. The molecule has 1 aromatic heterocycles. The molecule has 404 valence electrons. The zero-order valence-corrected chi connectivity index (χ0v) is 45.5. The number of aliphatic hydroxyl groups is 4. The van der Waals surface area contributed by atoms with E-state index < -0.39 is 118 Å². The predicted octanol–water partition coefficient (Wildman–Crippen LogP) is 4.82. The standard InChI is InChI=1S/C51H83ClN4O14S/c1-14-23-53-29-51(61)35(8)66-41(26-49(51,10)64-13)69-42-32(5)45(48(9,59)25-30(3)27-54-34(7)44(57)50(11,60)39(15-2)67-46(58)33(42)6)70-47-43(68-40-22-21-36(52)28-55-40)38(24-31(4)65-47)56(12)71(62,63)37-19-17-16-18-20-37/h16-22,28,30-35,38-39,41-45,47,53-54,57,59-61H,14-15,23-27,29H2,1-13H3/t30-,31-,32+,33-,34-,35-,38+,39-,41?,42+,43-,44-,45-,47+,48-,49+,50-,51-/m1/s1. The Labute approximate surface area is 426 Å². The highest BCUT2D eigenvalue weighted by Gasteiger charge is 2.59. The lowest BCUT2D eigenvalue weighted by molar-refractivity contribution is -0.335. The van der Waals surface area contributed by atoms with E-state index in [1.807, 2.05) is 13.8 Å². The van der Waals surface area contributed by atoms with Crippen molar-refractivity contribution >= 4 is 27.6 Å². The van der Waals surface area contributed by atoms with Gasteiger partial charge in [-0.25, -0.2) is 13.4 Å².